The van der Waals surface area contributed by atoms with Crippen molar-refractivity contribution < 1.29 is 9.84 Å². The Kier molecular flexibility index (Phi) is 9.16. The number of rotatable bonds is 11. The molecule has 0 amide bonds. The van der Waals surface area contributed by atoms with Crippen LogP contribution >= 0.6 is 0 Å². The van der Waals surface area contributed by atoms with Gasteiger partial charge >= 0.3 is 0 Å². The fourth-order valence-electron chi connectivity index (χ4n) is 2.60. The van der Waals surface area contributed by atoms with Crippen LogP contribution in [0.1, 0.15) is 77.2 Å². The standard InChI is InChI=1S/C19H32O2/c1-4-16(3)21-15-9-7-6-8-10-17(5-2)18-11-13-19(20)14-12-18/h11-14,16-17,20H,4-10,15H2,1-3H3. The average Bonchev–Trinajstić information content (AvgIpc) is 2.51. The summed E-state index contributed by atoms with van der Waals surface area (Å²) in [6, 6.07) is 7.71. The molecule has 0 aromatic heterocycles. The van der Waals surface area contributed by atoms with E-state index in [1.165, 1.54) is 44.1 Å². The Morgan fingerprint density at radius 2 is 1.62 bits per heavy atom. The highest BCUT2D eigenvalue weighted by atomic mass is 16.5. The lowest BCUT2D eigenvalue weighted by Crippen LogP contribution is -2.07. The van der Waals surface area contributed by atoms with Gasteiger partial charge in [0.25, 0.3) is 0 Å². The second-order valence-electron chi connectivity index (χ2n) is 5.99. The summed E-state index contributed by atoms with van der Waals surface area (Å²) in [5.74, 6) is 0.983. The smallest absolute Gasteiger partial charge is 0.115 e. The van der Waals surface area contributed by atoms with Gasteiger partial charge in [-0.25, -0.2) is 0 Å². The van der Waals surface area contributed by atoms with E-state index in [9.17, 15) is 5.11 Å². The second kappa shape index (κ2) is 10.7. The van der Waals surface area contributed by atoms with Crippen molar-refractivity contribution in [3.8, 4) is 5.75 Å². The molecule has 0 heterocycles. The number of hydrogen-bond acceptors (Lipinski definition) is 2. The summed E-state index contributed by atoms with van der Waals surface area (Å²) < 4.78 is 5.70. The average molecular weight is 292 g/mol. The van der Waals surface area contributed by atoms with Gasteiger partial charge in [0.2, 0.25) is 0 Å². The number of benzene rings is 1. The van der Waals surface area contributed by atoms with Crippen molar-refractivity contribution in [1.82, 2.24) is 0 Å². The van der Waals surface area contributed by atoms with Crippen molar-refractivity contribution in [1.29, 1.82) is 0 Å². The largest absolute Gasteiger partial charge is 0.508 e. The van der Waals surface area contributed by atoms with E-state index in [0.717, 1.165) is 13.0 Å². The number of hydrogen-bond donors (Lipinski definition) is 1. The van der Waals surface area contributed by atoms with Gasteiger partial charge in [-0.2, -0.15) is 0 Å². The van der Waals surface area contributed by atoms with Gasteiger partial charge in [-0.15, -0.1) is 0 Å². The first-order valence-electron chi connectivity index (χ1n) is 8.57. The number of aromatic hydroxyl groups is 1. The molecule has 0 saturated heterocycles. The minimum absolute atomic E-state index is 0.356. The molecule has 1 aromatic rings. The van der Waals surface area contributed by atoms with Crippen LogP contribution in [0.15, 0.2) is 24.3 Å². The maximum absolute atomic E-state index is 9.35. The molecule has 120 valence electrons. The zero-order valence-electron chi connectivity index (χ0n) is 14.0. The zero-order valence-corrected chi connectivity index (χ0v) is 14.0. The molecule has 0 aliphatic carbocycles. The lowest BCUT2D eigenvalue weighted by Gasteiger charge is -2.15. The van der Waals surface area contributed by atoms with E-state index in [0.29, 0.717) is 17.8 Å². The van der Waals surface area contributed by atoms with E-state index in [4.69, 9.17) is 4.74 Å². The Hall–Kier alpha value is -1.02. The third-order valence-electron chi connectivity index (χ3n) is 4.28. The maximum atomic E-state index is 9.35. The van der Waals surface area contributed by atoms with Gasteiger partial charge in [0, 0.05) is 6.61 Å². The van der Waals surface area contributed by atoms with Crippen molar-refractivity contribution in [3.05, 3.63) is 29.8 Å². The SMILES string of the molecule is CCC(C)OCCCCCCC(CC)c1ccc(O)cc1. The molecule has 1 rings (SSSR count). The van der Waals surface area contributed by atoms with Crippen LogP contribution in [0.2, 0.25) is 0 Å². The van der Waals surface area contributed by atoms with Crippen LogP contribution in [0, 0.1) is 0 Å². The van der Waals surface area contributed by atoms with Crippen LogP contribution in [0.5, 0.6) is 5.75 Å². The molecule has 0 spiro atoms. The summed E-state index contributed by atoms with van der Waals surface area (Å²) in [6.07, 6.45) is 8.94. The molecule has 2 heteroatoms. The Balaban J connectivity index is 2.14. The molecule has 2 nitrogen and oxygen atoms in total. The first kappa shape index (κ1) is 18.0. The van der Waals surface area contributed by atoms with E-state index < -0.39 is 0 Å². The quantitative estimate of drug-likeness (QED) is 0.534. The predicted molar refractivity (Wildman–Crippen MR) is 89.9 cm³/mol. The molecular formula is C19H32O2. The summed E-state index contributed by atoms with van der Waals surface area (Å²) >= 11 is 0. The monoisotopic (exact) mass is 292 g/mol. The molecule has 21 heavy (non-hydrogen) atoms. The molecule has 2 atom stereocenters. The van der Waals surface area contributed by atoms with Crippen LogP contribution in [-0.4, -0.2) is 17.8 Å². The summed E-state index contributed by atoms with van der Waals surface area (Å²) in [5.41, 5.74) is 1.36. The molecule has 0 bridgehead atoms. The highest BCUT2D eigenvalue weighted by Gasteiger charge is 2.08. The number of ether oxygens (including phenoxy) is 1. The van der Waals surface area contributed by atoms with Gasteiger partial charge in [0.05, 0.1) is 6.10 Å². The van der Waals surface area contributed by atoms with Gasteiger partial charge in [0.1, 0.15) is 5.75 Å². The molecule has 0 saturated carbocycles. The molecule has 0 aliphatic heterocycles. The van der Waals surface area contributed by atoms with Gasteiger partial charge in [-0.3, -0.25) is 0 Å². The van der Waals surface area contributed by atoms with Crippen molar-refractivity contribution >= 4 is 0 Å². The van der Waals surface area contributed by atoms with E-state index in [2.05, 4.69) is 32.9 Å². The van der Waals surface area contributed by atoms with Gasteiger partial charge in [-0.05, 0) is 56.2 Å². The van der Waals surface area contributed by atoms with Crippen molar-refractivity contribution in [3.63, 3.8) is 0 Å². The third-order valence-corrected chi connectivity index (χ3v) is 4.28. The highest BCUT2D eigenvalue weighted by molar-refractivity contribution is 5.28. The summed E-state index contributed by atoms with van der Waals surface area (Å²) in [4.78, 5) is 0. The lowest BCUT2D eigenvalue weighted by molar-refractivity contribution is 0.0607. The Labute approximate surface area is 130 Å². The van der Waals surface area contributed by atoms with Crippen molar-refractivity contribution in [2.75, 3.05) is 6.61 Å². The lowest BCUT2D eigenvalue weighted by atomic mass is 9.91. The maximum Gasteiger partial charge on any atom is 0.115 e. The normalized spacial score (nSPS) is 14.0. The predicted octanol–water partition coefficient (Wildman–Crippen LogP) is 5.65. The molecule has 1 N–H and O–H groups in total. The van der Waals surface area contributed by atoms with Crippen LogP contribution < -0.4 is 0 Å². The van der Waals surface area contributed by atoms with Gasteiger partial charge < -0.3 is 9.84 Å². The van der Waals surface area contributed by atoms with Crippen LogP contribution in [-0.2, 0) is 4.74 Å². The third kappa shape index (κ3) is 7.52. The Bertz CT molecular complexity index is 358. The number of unbranched alkanes of at least 4 members (excludes halogenated alkanes) is 3. The topological polar surface area (TPSA) is 29.5 Å². The molecule has 0 radical (unpaired) electrons. The molecular weight excluding hydrogens is 260 g/mol. The fraction of sp³-hybridized carbons (Fsp3) is 0.684. The Morgan fingerprint density at radius 3 is 2.24 bits per heavy atom. The minimum atomic E-state index is 0.356. The minimum Gasteiger partial charge on any atom is -0.508 e. The number of phenols is 1. The zero-order chi connectivity index (χ0) is 15.5. The van der Waals surface area contributed by atoms with Crippen molar-refractivity contribution in [2.24, 2.45) is 0 Å². The fourth-order valence-corrected chi connectivity index (χ4v) is 2.60. The van der Waals surface area contributed by atoms with E-state index >= 15 is 0 Å². The molecule has 0 aliphatic rings. The first-order valence-corrected chi connectivity index (χ1v) is 8.57. The highest BCUT2D eigenvalue weighted by Crippen LogP contribution is 2.27. The second-order valence-corrected chi connectivity index (χ2v) is 5.99. The van der Waals surface area contributed by atoms with Crippen molar-refractivity contribution in [2.45, 2.75) is 77.7 Å². The van der Waals surface area contributed by atoms with Gasteiger partial charge in [0.15, 0.2) is 0 Å². The van der Waals surface area contributed by atoms with E-state index in [1.807, 2.05) is 0 Å². The molecule has 1 aromatic carbocycles. The summed E-state index contributed by atoms with van der Waals surface area (Å²) in [5, 5.41) is 9.35. The van der Waals surface area contributed by atoms with E-state index in [1.54, 1.807) is 12.1 Å². The van der Waals surface area contributed by atoms with Gasteiger partial charge in [-0.1, -0.05) is 45.2 Å². The number of phenolic OH excluding ortho intramolecular Hbond substituents is 1. The van der Waals surface area contributed by atoms with Crippen LogP contribution in [0.4, 0.5) is 0 Å². The Morgan fingerprint density at radius 1 is 0.952 bits per heavy atom. The first-order chi connectivity index (χ1) is 10.2. The molecule has 0 fully saturated rings. The van der Waals surface area contributed by atoms with Crippen LogP contribution in [0.25, 0.3) is 0 Å². The van der Waals surface area contributed by atoms with E-state index in [-0.39, 0.29) is 0 Å². The van der Waals surface area contributed by atoms with Crippen LogP contribution in [0.3, 0.4) is 0 Å². The summed E-state index contributed by atoms with van der Waals surface area (Å²) in [6.45, 7) is 7.46. The summed E-state index contributed by atoms with van der Waals surface area (Å²) in [7, 11) is 0. The molecule has 2 unspecified atom stereocenters.